The minimum absolute atomic E-state index is 0.0685. The molecule has 3 N–H and O–H groups in total. The van der Waals surface area contributed by atoms with Gasteiger partial charge < -0.3 is 20.2 Å². The molecule has 0 radical (unpaired) electrons. The van der Waals surface area contributed by atoms with Crippen LogP contribution in [0.15, 0.2) is 19.0 Å². The van der Waals surface area contributed by atoms with Gasteiger partial charge >= 0.3 is 5.97 Å². The summed E-state index contributed by atoms with van der Waals surface area (Å²) in [6, 6.07) is 0. The van der Waals surface area contributed by atoms with Gasteiger partial charge in [0.1, 0.15) is 30.1 Å². The molecule has 2 aromatic heterocycles. The zero-order valence-corrected chi connectivity index (χ0v) is 13.4. The Hall–Kier alpha value is -2.26. The summed E-state index contributed by atoms with van der Waals surface area (Å²) in [5.41, 5.74) is 6.95. The predicted molar refractivity (Wildman–Crippen MR) is 86.0 cm³/mol. The average Bonchev–Trinajstić information content (AvgIpc) is 3.08. The van der Waals surface area contributed by atoms with Crippen LogP contribution in [0.5, 0.6) is 0 Å². The molecule has 0 spiro atoms. The summed E-state index contributed by atoms with van der Waals surface area (Å²) >= 11 is 5.17. The molecule has 8 nitrogen and oxygen atoms in total. The molecule has 0 bridgehead atoms. The van der Waals surface area contributed by atoms with E-state index in [1.165, 1.54) is 6.92 Å². The molecule has 0 saturated carbocycles. The number of carbonyl (C=O) groups is 1. The highest BCUT2D eigenvalue weighted by molar-refractivity contribution is 7.71. The minimum Gasteiger partial charge on any atom is -0.463 e. The lowest BCUT2D eigenvalue weighted by atomic mass is 10.0. The van der Waals surface area contributed by atoms with Crippen molar-refractivity contribution < 1.29 is 14.3 Å². The van der Waals surface area contributed by atoms with Gasteiger partial charge in [-0.2, -0.15) is 0 Å². The summed E-state index contributed by atoms with van der Waals surface area (Å²) in [5.74, 6) is -0.0474. The lowest BCUT2D eigenvalue weighted by Gasteiger charge is -2.16. The number of hydrogen-bond acceptors (Lipinski definition) is 7. The van der Waals surface area contributed by atoms with Gasteiger partial charge in [-0.25, -0.2) is 9.97 Å². The molecule has 0 amide bonds. The SMILES string of the molecule is C=C[C@H]1CC(n2cnc3c(=S)nc(N)[nH]c32)O[C@@H]1COC(C)=O. The van der Waals surface area contributed by atoms with Crippen molar-refractivity contribution in [2.75, 3.05) is 12.3 Å². The molecule has 122 valence electrons. The fourth-order valence-corrected chi connectivity index (χ4v) is 2.95. The molecule has 23 heavy (non-hydrogen) atoms. The van der Waals surface area contributed by atoms with Gasteiger partial charge in [0.15, 0.2) is 10.6 Å². The van der Waals surface area contributed by atoms with E-state index in [4.69, 9.17) is 27.4 Å². The Morgan fingerprint density at radius 1 is 1.74 bits per heavy atom. The second kappa shape index (κ2) is 6.09. The number of imidazole rings is 1. The van der Waals surface area contributed by atoms with Crippen molar-refractivity contribution in [3.8, 4) is 0 Å². The molecular weight excluding hydrogens is 318 g/mol. The first-order valence-corrected chi connectivity index (χ1v) is 7.54. The first kappa shape index (κ1) is 15.6. The summed E-state index contributed by atoms with van der Waals surface area (Å²) in [4.78, 5) is 22.2. The van der Waals surface area contributed by atoms with Gasteiger partial charge in [0.2, 0.25) is 0 Å². The Balaban J connectivity index is 1.89. The zero-order valence-electron chi connectivity index (χ0n) is 12.6. The van der Waals surface area contributed by atoms with E-state index in [2.05, 4.69) is 21.5 Å². The lowest BCUT2D eigenvalue weighted by Crippen LogP contribution is -2.23. The fraction of sp³-hybridized carbons (Fsp3) is 0.429. The highest BCUT2D eigenvalue weighted by Gasteiger charge is 2.35. The first-order valence-electron chi connectivity index (χ1n) is 7.13. The van der Waals surface area contributed by atoms with E-state index < -0.39 is 0 Å². The largest absolute Gasteiger partial charge is 0.463 e. The first-order chi connectivity index (χ1) is 11.0. The smallest absolute Gasteiger partial charge is 0.302 e. The van der Waals surface area contributed by atoms with Gasteiger partial charge in [-0.3, -0.25) is 9.36 Å². The number of carbonyl (C=O) groups excluding carboxylic acids is 1. The monoisotopic (exact) mass is 335 g/mol. The van der Waals surface area contributed by atoms with Crippen LogP contribution >= 0.6 is 12.2 Å². The third-order valence-electron chi connectivity index (χ3n) is 3.81. The van der Waals surface area contributed by atoms with Gasteiger partial charge in [-0.05, 0) is 0 Å². The van der Waals surface area contributed by atoms with Crippen LogP contribution < -0.4 is 5.73 Å². The maximum atomic E-state index is 11.0. The maximum absolute atomic E-state index is 11.0. The fourth-order valence-electron chi connectivity index (χ4n) is 2.70. The van der Waals surface area contributed by atoms with E-state index in [1.54, 1.807) is 6.33 Å². The Labute approximate surface area is 137 Å². The summed E-state index contributed by atoms with van der Waals surface area (Å²) in [5, 5.41) is 0. The van der Waals surface area contributed by atoms with E-state index in [9.17, 15) is 4.79 Å². The van der Waals surface area contributed by atoms with Gasteiger partial charge in [0.25, 0.3) is 0 Å². The van der Waals surface area contributed by atoms with Crippen LogP contribution in [0.4, 0.5) is 5.95 Å². The highest BCUT2D eigenvalue weighted by Crippen LogP contribution is 2.35. The topological polar surface area (TPSA) is 108 Å². The normalized spacial score (nSPS) is 24.0. The summed E-state index contributed by atoms with van der Waals surface area (Å²) in [6.45, 7) is 5.39. The average molecular weight is 335 g/mol. The number of esters is 1. The van der Waals surface area contributed by atoms with Gasteiger partial charge in [0.05, 0.1) is 6.33 Å². The molecule has 0 aliphatic carbocycles. The number of nitrogens with one attached hydrogen (secondary N) is 1. The van der Waals surface area contributed by atoms with Crippen molar-refractivity contribution in [3.05, 3.63) is 23.6 Å². The molecule has 2 aromatic rings. The molecule has 1 unspecified atom stereocenters. The van der Waals surface area contributed by atoms with Gasteiger partial charge in [0, 0.05) is 19.3 Å². The third-order valence-corrected chi connectivity index (χ3v) is 4.10. The Morgan fingerprint density at radius 2 is 2.52 bits per heavy atom. The second-order valence-corrected chi connectivity index (χ2v) is 5.73. The van der Waals surface area contributed by atoms with Crippen LogP contribution in [0.2, 0.25) is 0 Å². The van der Waals surface area contributed by atoms with Crippen LogP contribution in [-0.2, 0) is 14.3 Å². The Bertz CT molecular complexity index is 814. The molecule has 3 atom stereocenters. The number of hydrogen-bond donors (Lipinski definition) is 2. The number of fused-ring (bicyclic) bond motifs is 1. The number of rotatable bonds is 4. The van der Waals surface area contributed by atoms with Crippen molar-refractivity contribution in [1.82, 2.24) is 19.5 Å². The minimum atomic E-state index is -0.337. The zero-order chi connectivity index (χ0) is 16.6. The molecule has 1 aliphatic rings. The number of aromatic nitrogens is 4. The molecule has 3 heterocycles. The second-order valence-electron chi connectivity index (χ2n) is 5.34. The molecule has 9 heteroatoms. The molecule has 3 rings (SSSR count). The van der Waals surface area contributed by atoms with Crippen LogP contribution in [0, 0.1) is 10.6 Å². The van der Waals surface area contributed by atoms with Crippen LogP contribution in [0.3, 0.4) is 0 Å². The van der Waals surface area contributed by atoms with Crippen molar-refractivity contribution in [1.29, 1.82) is 0 Å². The third kappa shape index (κ3) is 2.97. The summed E-state index contributed by atoms with van der Waals surface area (Å²) < 4.78 is 13.2. The van der Waals surface area contributed by atoms with Gasteiger partial charge in [-0.1, -0.05) is 18.3 Å². The predicted octanol–water partition coefficient (Wildman–Crippen LogP) is 1.72. The van der Waals surface area contributed by atoms with Gasteiger partial charge in [-0.15, -0.1) is 6.58 Å². The van der Waals surface area contributed by atoms with E-state index in [0.717, 1.165) is 0 Å². The maximum Gasteiger partial charge on any atom is 0.302 e. The van der Waals surface area contributed by atoms with Crippen LogP contribution in [0.25, 0.3) is 11.2 Å². The number of H-pyrrole nitrogens is 1. The lowest BCUT2D eigenvalue weighted by molar-refractivity contribution is -0.146. The summed E-state index contributed by atoms with van der Waals surface area (Å²) in [7, 11) is 0. The number of ether oxygens (including phenoxy) is 2. The number of nitrogens with zero attached hydrogens (tertiary/aromatic N) is 3. The number of aromatic amines is 1. The number of nitrogens with two attached hydrogens (primary N) is 1. The van der Waals surface area contributed by atoms with Crippen molar-refractivity contribution in [2.24, 2.45) is 5.92 Å². The van der Waals surface area contributed by atoms with E-state index in [1.807, 2.05) is 10.6 Å². The number of anilines is 1. The highest BCUT2D eigenvalue weighted by atomic mass is 32.1. The molecule has 1 aliphatic heterocycles. The Morgan fingerprint density at radius 3 is 3.22 bits per heavy atom. The molecular formula is C14H17N5O3S. The standard InChI is InChI=1S/C14H17N5O3S/c1-3-8-4-10(22-9(8)5-21-7(2)20)19-6-16-11-12(19)17-14(15)18-13(11)23/h3,6,8-10H,1,4-5H2,2H3,(H3,15,17,18,23)/t8-,9+,10?/m0/s1. The Kier molecular flexibility index (Phi) is 4.14. The van der Waals surface area contributed by atoms with E-state index in [-0.39, 0.29) is 36.8 Å². The van der Waals surface area contributed by atoms with Crippen molar-refractivity contribution in [2.45, 2.75) is 25.7 Å². The molecule has 0 aromatic carbocycles. The van der Waals surface area contributed by atoms with Crippen LogP contribution in [0.1, 0.15) is 19.6 Å². The van der Waals surface area contributed by atoms with Crippen molar-refractivity contribution in [3.63, 3.8) is 0 Å². The number of nitrogen functional groups attached to an aromatic ring is 1. The van der Waals surface area contributed by atoms with Crippen molar-refractivity contribution >= 4 is 35.3 Å². The summed E-state index contributed by atoms with van der Waals surface area (Å²) in [6.07, 6.45) is 3.60. The van der Waals surface area contributed by atoms with E-state index in [0.29, 0.717) is 22.2 Å². The van der Waals surface area contributed by atoms with Crippen LogP contribution in [-0.4, -0.2) is 38.2 Å². The molecule has 1 saturated heterocycles. The quantitative estimate of drug-likeness (QED) is 0.497. The van der Waals surface area contributed by atoms with E-state index >= 15 is 0 Å². The molecule has 1 fully saturated rings.